The molecule has 1 aromatic carbocycles. The van der Waals surface area contributed by atoms with E-state index in [1.807, 2.05) is 30.3 Å². The number of rotatable bonds is 2. The normalized spacial score (nSPS) is 15.2. The molecule has 0 spiro atoms. The molecule has 0 radical (unpaired) electrons. The molecule has 1 N–H and O–H groups in total. The Labute approximate surface area is 131 Å². The summed E-state index contributed by atoms with van der Waals surface area (Å²) in [4.78, 5) is 16.7. The summed E-state index contributed by atoms with van der Waals surface area (Å²) in [5, 5.41) is 4.32. The highest BCUT2D eigenvalue weighted by molar-refractivity contribution is 6.00. The zero-order valence-electron chi connectivity index (χ0n) is 11.0. The molecule has 0 atom stereocenters. The lowest BCUT2D eigenvalue weighted by Gasteiger charge is -2.21. The number of carbonyl (C=O) groups is 1. The van der Waals surface area contributed by atoms with Crippen LogP contribution in [0.4, 0.5) is 0 Å². The molecule has 1 aliphatic heterocycles. The molecule has 0 bridgehead atoms. The minimum absolute atomic E-state index is 0. The number of hydrogen-bond acceptors (Lipinski definition) is 3. The van der Waals surface area contributed by atoms with E-state index in [1.54, 1.807) is 6.20 Å². The molecule has 0 aliphatic carbocycles. The van der Waals surface area contributed by atoms with Crippen molar-refractivity contribution in [3.63, 3.8) is 0 Å². The zero-order valence-corrected chi connectivity index (χ0v) is 12.7. The average Bonchev–Trinajstić information content (AvgIpc) is 2.47. The first kappa shape index (κ1) is 16.9. The lowest BCUT2D eigenvalue weighted by molar-refractivity contribution is 0.0895. The highest BCUT2D eigenvalue weighted by Gasteiger charge is 2.22. The first-order valence-electron chi connectivity index (χ1n) is 6.44. The van der Waals surface area contributed by atoms with Crippen LogP contribution in [0.5, 0.6) is 0 Å². The third kappa shape index (κ3) is 3.48. The van der Waals surface area contributed by atoms with Crippen LogP contribution in [-0.2, 0) is 0 Å². The van der Waals surface area contributed by atoms with Gasteiger partial charge in [0.2, 0.25) is 0 Å². The van der Waals surface area contributed by atoms with Crippen molar-refractivity contribution in [2.24, 2.45) is 5.92 Å². The van der Waals surface area contributed by atoms with E-state index in [1.165, 1.54) is 0 Å². The SMILES string of the molecule is Cl.Cl.O=C(c1cnc2ccccc2c1)C1CCNCC1. The Morgan fingerprint density at radius 3 is 2.60 bits per heavy atom. The molecule has 0 unspecified atom stereocenters. The van der Waals surface area contributed by atoms with Crippen LogP contribution in [0.25, 0.3) is 10.9 Å². The van der Waals surface area contributed by atoms with Crippen LogP contribution < -0.4 is 5.32 Å². The Kier molecular flexibility index (Phi) is 6.40. The summed E-state index contributed by atoms with van der Waals surface area (Å²) in [6, 6.07) is 9.87. The summed E-state index contributed by atoms with van der Waals surface area (Å²) in [6.07, 6.45) is 3.59. The van der Waals surface area contributed by atoms with E-state index in [-0.39, 0.29) is 36.5 Å². The molecule has 0 saturated carbocycles. The lowest BCUT2D eigenvalue weighted by Crippen LogP contribution is -2.31. The Bertz CT molecular complexity index is 583. The molecule has 1 aromatic heterocycles. The van der Waals surface area contributed by atoms with Crippen molar-refractivity contribution in [3.05, 3.63) is 42.1 Å². The van der Waals surface area contributed by atoms with Gasteiger partial charge in [0.15, 0.2) is 5.78 Å². The lowest BCUT2D eigenvalue weighted by atomic mass is 9.90. The standard InChI is InChI=1S/C15H16N2O.2ClH/c18-15(11-5-7-16-8-6-11)13-9-12-3-1-2-4-14(12)17-10-13;;/h1-4,9-11,16H,5-8H2;2*1H. The number of Topliss-reactive ketones (excluding diaryl/α,β-unsaturated/α-hetero) is 1. The van der Waals surface area contributed by atoms with Gasteiger partial charge in [-0.25, -0.2) is 0 Å². The van der Waals surface area contributed by atoms with Gasteiger partial charge in [0.05, 0.1) is 5.52 Å². The van der Waals surface area contributed by atoms with Crippen LogP contribution in [0.1, 0.15) is 23.2 Å². The monoisotopic (exact) mass is 312 g/mol. The molecule has 1 fully saturated rings. The van der Waals surface area contributed by atoms with Gasteiger partial charge in [-0.2, -0.15) is 0 Å². The van der Waals surface area contributed by atoms with Crippen LogP contribution in [-0.4, -0.2) is 23.9 Å². The Morgan fingerprint density at radius 1 is 1.15 bits per heavy atom. The van der Waals surface area contributed by atoms with Crippen molar-refractivity contribution >= 4 is 41.5 Å². The highest BCUT2D eigenvalue weighted by atomic mass is 35.5. The highest BCUT2D eigenvalue weighted by Crippen LogP contribution is 2.20. The fourth-order valence-electron chi connectivity index (χ4n) is 2.53. The molecule has 108 valence electrons. The van der Waals surface area contributed by atoms with E-state index in [2.05, 4.69) is 10.3 Å². The number of benzene rings is 1. The van der Waals surface area contributed by atoms with Gasteiger partial charge in [0.25, 0.3) is 0 Å². The number of carbonyl (C=O) groups excluding carboxylic acids is 1. The fourth-order valence-corrected chi connectivity index (χ4v) is 2.53. The largest absolute Gasteiger partial charge is 0.317 e. The van der Waals surface area contributed by atoms with Crippen molar-refractivity contribution in [2.45, 2.75) is 12.8 Å². The quantitative estimate of drug-likeness (QED) is 0.865. The first-order valence-corrected chi connectivity index (χ1v) is 6.44. The van der Waals surface area contributed by atoms with Gasteiger partial charge in [-0.3, -0.25) is 9.78 Å². The molecule has 0 amide bonds. The van der Waals surface area contributed by atoms with Gasteiger partial charge in [-0.05, 0) is 38.1 Å². The molecular weight excluding hydrogens is 295 g/mol. The van der Waals surface area contributed by atoms with Crippen molar-refractivity contribution in [2.75, 3.05) is 13.1 Å². The molecule has 1 saturated heterocycles. The third-order valence-electron chi connectivity index (χ3n) is 3.58. The number of para-hydroxylation sites is 1. The molecule has 2 heterocycles. The van der Waals surface area contributed by atoms with Crippen molar-refractivity contribution < 1.29 is 4.79 Å². The van der Waals surface area contributed by atoms with E-state index in [0.717, 1.165) is 42.4 Å². The third-order valence-corrected chi connectivity index (χ3v) is 3.58. The topological polar surface area (TPSA) is 42.0 Å². The van der Waals surface area contributed by atoms with Gasteiger partial charge in [-0.1, -0.05) is 18.2 Å². The van der Waals surface area contributed by atoms with Crippen LogP contribution in [0.2, 0.25) is 0 Å². The fraction of sp³-hybridized carbons (Fsp3) is 0.333. The number of hydrogen-bond donors (Lipinski definition) is 1. The van der Waals surface area contributed by atoms with E-state index >= 15 is 0 Å². The minimum atomic E-state index is 0. The minimum Gasteiger partial charge on any atom is -0.317 e. The van der Waals surface area contributed by atoms with Crippen molar-refractivity contribution in [1.29, 1.82) is 0 Å². The summed E-state index contributed by atoms with van der Waals surface area (Å²) < 4.78 is 0. The number of halogens is 2. The van der Waals surface area contributed by atoms with Crippen molar-refractivity contribution in [1.82, 2.24) is 10.3 Å². The Morgan fingerprint density at radius 2 is 1.85 bits per heavy atom. The van der Waals surface area contributed by atoms with Crippen LogP contribution in [0.3, 0.4) is 0 Å². The molecule has 20 heavy (non-hydrogen) atoms. The van der Waals surface area contributed by atoms with Gasteiger partial charge >= 0.3 is 0 Å². The van der Waals surface area contributed by atoms with Crippen LogP contribution in [0, 0.1) is 5.92 Å². The predicted octanol–water partition coefficient (Wildman–Crippen LogP) is 3.26. The van der Waals surface area contributed by atoms with Crippen LogP contribution >= 0.6 is 24.8 Å². The number of aromatic nitrogens is 1. The molecule has 1 aliphatic rings. The molecule has 2 aromatic rings. The number of nitrogens with zero attached hydrogens (tertiary/aromatic N) is 1. The van der Waals surface area contributed by atoms with E-state index in [4.69, 9.17) is 0 Å². The van der Waals surface area contributed by atoms with E-state index in [0.29, 0.717) is 0 Å². The van der Waals surface area contributed by atoms with E-state index in [9.17, 15) is 4.79 Å². The second kappa shape index (κ2) is 7.58. The maximum atomic E-state index is 12.4. The maximum Gasteiger partial charge on any atom is 0.167 e. The van der Waals surface area contributed by atoms with Crippen LogP contribution in [0.15, 0.2) is 36.5 Å². The second-order valence-electron chi connectivity index (χ2n) is 4.81. The van der Waals surface area contributed by atoms with Crippen molar-refractivity contribution in [3.8, 4) is 0 Å². The number of ketones is 1. The molecule has 3 rings (SSSR count). The van der Waals surface area contributed by atoms with Gasteiger partial charge in [0.1, 0.15) is 0 Å². The molecule has 5 heteroatoms. The number of nitrogens with one attached hydrogen (secondary N) is 1. The second-order valence-corrected chi connectivity index (χ2v) is 4.81. The summed E-state index contributed by atoms with van der Waals surface area (Å²) in [7, 11) is 0. The summed E-state index contributed by atoms with van der Waals surface area (Å²) in [5.41, 5.74) is 1.69. The van der Waals surface area contributed by atoms with Gasteiger partial charge < -0.3 is 5.32 Å². The number of fused-ring (bicyclic) bond motifs is 1. The van der Waals surface area contributed by atoms with Gasteiger partial charge in [0, 0.05) is 23.1 Å². The molecule has 3 nitrogen and oxygen atoms in total. The predicted molar refractivity (Wildman–Crippen MR) is 86.2 cm³/mol. The summed E-state index contributed by atoms with van der Waals surface area (Å²) >= 11 is 0. The summed E-state index contributed by atoms with van der Waals surface area (Å²) in [5.74, 6) is 0.406. The maximum absolute atomic E-state index is 12.4. The Balaban J connectivity index is 0.000001000. The summed E-state index contributed by atoms with van der Waals surface area (Å²) in [6.45, 7) is 1.88. The number of pyridine rings is 1. The average molecular weight is 313 g/mol. The number of piperidine rings is 1. The van der Waals surface area contributed by atoms with Gasteiger partial charge in [-0.15, -0.1) is 24.8 Å². The Hall–Kier alpha value is -1.16. The zero-order chi connectivity index (χ0) is 12.4. The smallest absolute Gasteiger partial charge is 0.167 e. The molecular formula is C15H18Cl2N2O. The first-order chi connectivity index (χ1) is 8.84. The van der Waals surface area contributed by atoms with E-state index < -0.39 is 0 Å².